The first kappa shape index (κ1) is 18.4. The van der Waals surface area contributed by atoms with Crippen molar-refractivity contribution in [1.82, 2.24) is 9.97 Å². The van der Waals surface area contributed by atoms with Crippen molar-refractivity contribution in [2.24, 2.45) is 0 Å². The van der Waals surface area contributed by atoms with E-state index in [0.717, 1.165) is 41.6 Å². The van der Waals surface area contributed by atoms with Gasteiger partial charge in [-0.1, -0.05) is 55.8 Å². The molecule has 0 spiro atoms. The average molecular weight is 358 g/mol. The molecule has 0 unspecified atom stereocenters. The zero-order valence-corrected chi connectivity index (χ0v) is 15.3. The lowest BCUT2D eigenvalue weighted by molar-refractivity contribution is 0.762. The van der Waals surface area contributed by atoms with E-state index in [4.69, 9.17) is 5.73 Å². The largest absolute Gasteiger partial charge is 0.369 e. The summed E-state index contributed by atoms with van der Waals surface area (Å²) in [6.07, 6.45) is 3.16. The molecule has 0 saturated carbocycles. The van der Waals surface area contributed by atoms with Crippen molar-refractivity contribution >= 4 is 5.95 Å². The molecule has 1 heterocycles. The number of hydrogen-bond acceptors (Lipinski definition) is 4. The van der Waals surface area contributed by atoms with Gasteiger partial charge in [-0.05, 0) is 35.6 Å². The van der Waals surface area contributed by atoms with E-state index in [-0.39, 0.29) is 11.5 Å². The Morgan fingerprint density at radius 3 is 2.67 bits per heavy atom. The molecule has 0 radical (unpaired) electrons. The predicted molar refractivity (Wildman–Crippen MR) is 107 cm³/mol. The minimum Gasteiger partial charge on any atom is -0.369 e. The predicted octanol–water partition coefficient (Wildman–Crippen LogP) is 3.82. The molecule has 1 aromatic heterocycles. The summed E-state index contributed by atoms with van der Waals surface area (Å²) < 4.78 is 0. The van der Waals surface area contributed by atoms with Gasteiger partial charge in [0.1, 0.15) is 0 Å². The fraction of sp³-hybridized carbons (Fsp3) is 0.227. The maximum Gasteiger partial charge on any atom is 0.278 e. The molecule has 0 fully saturated rings. The second-order valence-corrected chi connectivity index (χ2v) is 6.52. The maximum atomic E-state index is 12.4. The fourth-order valence-electron chi connectivity index (χ4n) is 3.18. The van der Waals surface area contributed by atoms with Crippen LogP contribution in [-0.2, 0) is 12.8 Å². The number of rotatable bonds is 6. The van der Waals surface area contributed by atoms with E-state index in [2.05, 4.69) is 23.0 Å². The van der Waals surface area contributed by atoms with E-state index in [1.54, 1.807) is 0 Å². The molecule has 0 aliphatic rings. The minimum atomic E-state index is -0.303. The zero-order valence-electron chi connectivity index (χ0n) is 15.3. The van der Waals surface area contributed by atoms with Crippen molar-refractivity contribution in [3.8, 4) is 17.2 Å². The van der Waals surface area contributed by atoms with Crippen molar-refractivity contribution < 1.29 is 0 Å². The van der Waals surface area contributed by atoms with Gasteiger partial charge in [0.15, 0.2) is 0 Å². The summed E-state index contributed by atoms with van der Waals surface area (Å²) in [7, 11) is 0. The summed E-state index contributed by atoms with van der Waals surface area (Å²) in [5.74, 6) is 0.145. The van der Waals surface area contributed by atoms with Crippen LogP contribution in [0, 0.1) is 11.3 Å². The third-order valence-electron chi connectivity index (χ3n) is 4.57. The second-order valence-electron chi connectivity index (χ2n) is 6.52. The second kappa shape index (κ2) is 8.33. The third-order valence-corrected chi connectivity index (χ3v) is 4.57. The highest BCUT2D eigenvalue weighted by molar-refractivity contribution is 5.71. The summed E-state index contributed by atoms with van der Waals surface area (Å²) in [6, 6.07) is 17.8. The average Bonchev–Trinajstić information content (AvgIpc) is 2.69. The molecular weight excluding hydrogens is 336 g/mol. The van der Waals surface area contributed by atoms with Gasteiger partial charge in [-0.3, -0.25) is 4.79 Å². The first-order chi connectivity index (χ1) is 13.1. The monoisotopic (exact) mass is 358 g/mol. The van der Waals surface area contributed by atoms with Crippen LogP contribution in [0.15, 0.2) is 53.3 Å². The smallest absolute Gasteiger partial charge is 0.278 e. The Morgan fingerprint density at radius 2 is 1.96 bits per heavy atom. The number of nitrogens with two attached hydrogens (primary N) is 1. The van der Waals surface area contributed by atoms with Crippen LogP contribution in [0.5, 0.6) is 0 Å². The number of H-pyrrole nitrogens is 1. The Morgan fingerprint density at radius 1 is 1.19 bits per heavy atom. The van der Waals surface area contributed by atoms with Gasteiger partial charge in [-0.2, -0.15) is 10.2 Å². The van der Waals surface area contributed by atoms with Crippen molar-refractivity contribution in [3.05, 3.63) is 81.3 Å². The molecule has 0 aliphatic heterocycles. The van der Waals surface area contributed by atoms with Crippen LogP contribution in [0.3, 0.4) is 0 Å². The van der Waals surface area contributed by atoms with Crippen molar-refractivity contribution in [3.63, 3.8) is 0 Å². The van der Waals surface area contributed by atoms with E-state index in [9.17, 15) is 10.1 Å². The molecule has 3 N–H and O–H groups in total. The SMILES string of the molecule is CCCCc1[nH]c(N)nc(=O)c1Cc1ccc(-c2ccccc2)c(C#N)c1. The Labute approximate surface area is 158 Å². The highest BCUT2D eigenvalue weighted by Gasteiger charge is 2.13. The summed E-state index contributed by atoms with van der Waals surface area (Å²) >= 11 is 0. The number of hydrogen-bond donors (Lipinski definition) is 2. The summed E-state index contributed by atoms with van der Waals surface area (Å²) in [6.45, 7) is 2.10. The summed E-state index contributed by atoms with van der Waals surface area (Å²) in [5.41, 5.74) is 10.2. The van der Waals surface area contributed by atoms with E-state index in [1.165, 1.54) is 0 Å². The number of aromatic amines is 1. The topological polar surface area (TPSA) is 95.6 Å². The highest BCUT2D eigenvalue weighted by atomic mass is 16.1. The van der Waals surface area contributed by atoms with Gasteiger partial charge >= 0.3 is 0 Å². The number of nitrogens with zero attached hydrogens (tertiary/aromatic N) is 2. The van der Waals surface area contributed by atoms with Crippen LogP contribution < -0.4 is 11.3 Å². The molecule has 0 aliphatic carbocycles. The van der Waals surface area contributed by atoms with Crippen LogP contribution in [0.4, 0.5) is 5.95 Å². The number of nitrogens with one attached hydrogen (secondary N) is 1. The molecule has 0 bridgehead atoms. The number of benzene rings is 2. The number of unbranched alkanes of at least 4 members (excludes halogenated alkanes) is 1. The molecule has 0 amide bonds. The van der Waals surface area contributed by atoms with Crippen molar-refractivity contribution in [2.75, 3.05) is 5.73 Å². The van der Waals surface area contributed by atoms with Gasteiger partial charge in [0.2, 0.25) is 5.95 Å². The number of anilines is 1. The van der Waals surface area contributed by atoms with Gasteiger partial charge in [0.05, 0.1) is 11.6 Å². The first-order valence-electron chi connectivity index (χ1n) is 9.08. The Bertz CT molecular complexity index is 1030. The molecule has 0 saturated heterocycles. The number of nitriles is 1. The molecular formula is C22H22N4O. The lowest BCUT2D eigenvalue weighted by Gasteiger charge is -2.11. The molecule has 3 aromatic rings. The van der Waals surface area contributed by atoms with Gasteiger partial charge in [-0.25, -0.2) is 0 Å². The minimum absolute atomic E-state index is 0.145. The fourth-order valence-corrected chi connectivity index (χ4v) is 3.18. The van der Waals surface area contributed by atoms with E-state index in [0.29, 0.717) is 17.5 Å². The number of aryl methyl sites for hydroxylation is 1. The van der Waals surface area contributed by atoms with E-state index < -0.39 is 0 Å². The van der Waals surface area contributed by atoms with E-state index >= 15 is 0 Å². The maximum absolute atomic E-state index is 12.4. The van der Waals surface area contributed by atoms with Gasteiger partial charge in [0.25, 0.3) is 5.56 Å². The normalized spacial score (nSPS) is 10.5. The van der Waals surface area contributed by atoms with Crippen LogP contribution >= 0.6 is 0 Å². The molecule has 5 heteroatoms. The van der Waals surface area contributed by atoms with Crippen LogP contribution in [-0.4, -0.2) is 9.97 Å². The lowest BCUT2D eigenvalue weighted by Crippen LogP contribution is -2.20. The van der Waals surface area contributed by atoms with Gasteiger partial charge in [0, 0.05) is 17.7 Å². The molecule has 5 nitrogen and oxygen atoms in total. The Hall–Kier alpha value is -3.39. The van der Waals surface area contributed by atoms with E-state index in [1.807, 2.05) is 48.5 Å². The van der Waals surface area contributed by atoms with Crippen LogP contribution in [0.2, 0.25) is 0 Å². The lowest BCUT2D eigenvalue weighted by atomic mass is 9.95. The standard InChI is InChI=1S/C22H22N4O/c1-2-3-9-20-19(21(27)26-22(24)25-20)13-15-10-11-18(17(12-15)14-23)16-7-5-4-6-8-16/h4-8,10-12H,2-3,9,13H2,1H3,(H3,24,25,26,27). The van der Waals surface area contributed by atoms with Gasteiger partial charge < -0.3 is 10.7 Å². The summed E-state index contributed by atoms with van der Waals surface area (Å²) in [5, 5.41) is 9.59. The van der Waals surface area contributed by atoms with Gasteiger partial charge in [-0.15, -0.1) is 0 Å². The molecule has 136 valence electrons. The Kier molecular flexibility index (Phi) is 5.68. The Balaban J connectivity index is 1.98. The molecule has 2 aromatic carbocycles. The van der Waals surface area contributed by atoms with Crippen molar-refractivity contribution in [1.29, 1.82) is 5.26 Å². The van der Waals surface area contributed by atoms with Crippen molar-refractivity contribution in [2.45, 2.75) is 32.6 Å². The first-order valence-corrected chi connectivity index (χ1v) is 9.08. The van der Waals surface area contributed by atoms with Crippen LogP contribution in [0.25, 0.3) is 11.1 Å². The molecule has 3 rings (SSSR count). The highest BCUT2D eigenvalue weighted by Crippen LogP contribution is 2.25. The van der Waals surface area contributed by atoms with Crippen LogP contribution in [0.1, 0.15) is 42.1 Å². The number of aromatic nitrogens is 2. The quantitative estimate of drug-likeness (QED) is 0.700. The molecule has 0 atom stereocenters. The zero-order chi connectivity index (χ0) is 19.2. The molecule has 27 heavy (non-hydrogen) atoms. The summed E-state index contributed by atoms with van der Waals surface area (Å²) in [4.78, 5) is 19.3. The number of nitrogen functional groups attached to an aromatic ring is 1. The third kappa shape index (κ3) is 4.24.